The largest absolute Gasteiger partial charge is 0.347 e. The minimum absolute atomic E-state index is 0.0113. The molecule has 100 valence electrons. The van der Waals surface area contributed by atoms with Gasteiger partial charge in [-0.1, -0.05) is 0 Å². The second kappa shape index (κ2) is 6.70. The highest BCUT2D eigenvalue weighted by molar-refractivity contribution is 14.1. The van der Waals surface area contributed by atoms with Crippen LogP contribution in [0.5, 0.6) is 0 Å². The summed E-state index contributed by atoms with van der Waals surface area (Å²) in [5, 5.41) is 0. The Balaban J connectivity index is 2.24. The van der Waals surface area contributed by atoms with Crippen LogP contribution in [0.3, 0.4) is 0 Å². The molecule has 0 fully saturated rings. The normalized spacial score (nSPS) is 10.5. The molecule has 0 radical (unpaired) electrons. The smallest absolute Gasteiger partial charge is 0.255 e. The van der Waals surface area contributed by atoms with Crippen molar-refractivity contribution in [2.45, 2.75) is 6.54 Å². The van der Waals surface area contributed by atoms with Crippen LogP contribution in [0.1, 0.15) is 16.2 Å². The van der Waals surface area contributed by atoms with E-state index in [2.05, 4.69) is 83.8 Å². The van der Waals surface area contributed by atoms with Gasteiger partial charge in [-0.25, -0.2) is 4.98 Å². The standard InChI is InChI=1S/C12H10I3N3O/c1-18(6-10-16-2-3-17-10)12(19)8-4-7(13)5-9(14)11(8)15/h2-5H,6H2,1H3,(H,16,17). The quantitative estimate of drug-likeness (QED) is 0.438. The van der Waals surface area contributed by atoms with E-state index in [1.807, 2.05) is 6.07 Å². The molecule has 0 bridgehead atoms. The van der Waals surface area contributed by atoms with Gasteiger partial charge in [-0.15, -0.1) is 0 Å². The summed E-state index contributed by atoms with van der Waals surface area (Å²) >= 11 is 6.70. The predicted molar refractivity (Wildman–Crippen MR) is 99.0 cm³/mol. The van der Waals surface area contributed by atoms with E-state index in [1.54, 1.807) is 24.3 Å². The van der Waals surface area contributed by atoms with Crippen LogP contribution in [0, 0.1) is 10.7 Å². The molecule has 0 saturated carbocycles. The number of aromatic nitrogens is 2. The molecule has 0 aliphatic rings. The zero-order chi connectivity index (χ0) is 14.0. The van der Waals surface area contributed by atoms with E-state index >= 15 is 0 Å². The number of rotatable bonds is 3. The van der Waals surface area contributed by atoms with Gasteiger partial charge in [-0.3, -0.25) is 4.79 Å². The summed E-state index contributed by atoms with van der Waals surface area (Å²) in [6.07, 6.45) is 3.44. The lowest BCUT2D eigenvalue weighted by molar-refractivity contribution is 0.0780. The molecule has 1 N–H and O–H groups in total. The first kappa shape index (κ1) is 15.5. The number of nitrogens with zero attached hydrogens (tertiary/aromatic N) is 2. The van der Waals surface area contributed by atoms with E-state index in [0.29, 0.717) is 6.54 Å². The maximum absolute atomic E-state index is 12.5. The van der Waals surface area contributed by atoms with E-state index in [0.717, 1.165) is 22.1 Å². The molecule has 0 unspecified atom stereocenters. The van der Waals surface area contributed by atoms with Gasteiger partial charge in [0.2, 0.25) is 0 Å². The van der Waals surface area contributed by atoms with Gasteiger partial charge >= 0.3 is 0 Å². The number of hydrogen-bond donors (Lipinski definition) is 1. The van der Waals surface area contributed by atoms with Gasteiger partial charge in [0.25, 0.3) is 5.91 Å². The van der Waals surface area contributed by atoms with Crippen molar-refractivity contribution in [2.75, 3.05) is 7.05 Å². The maximum atomic E-state index is 12.5. The Hall–Kier alpha value is 0.0900. The van der Waals surface area contributed by atoms with Gasteiger partial charge in [0.05, 0.1) is 12.1 Å². The molecular weight excluding hydrogens is 583 g/mol. The molecular formula is C12H10I3N3O. The van der Waals surface area contributed by atoms with Crippen LogP contribution in [-0.4, -0.2) is 27.8 Å². The Morgan fingerprint density at radius 2 is 2.11 bits per heavy atom. The Morgan fingerprint density at radius 3 is 2.74 bits per heavy atom. The molecule has 19 heavy (non-hydrogen) atoms. The third-order valence-electron chi connectivity index (χ3n) is 2.51. The third kappa shape index (κ3) is 3.80. The predicted octanol–water partition coefficient (Wildman–Crippen LogP) is 3.50. The Labute approximate surface area is 152 Å². The second-order valence-corrected chi connectivity index (χ2v) is 7.43. The van der Waals surface area contributed by atoms with Crippen molar-refractivity contribution in [2.24, 2.45) is 0 Å². The molecule has 1 amide bonds. The molecule has 7 heteroatoms. The van der Waals surface area contributed by atoms with Crippen molar-refractivity contribution in [1.29, 1.82) is 0 Å². The number of H-pyrrole nitrogens is 1. The van der Waals surface area contributed by atoms with Gasteiger partial charge in [0.15, 0.2) is 0 Å². The topological polar surface area (TPSA) is 49.0 Å². The number of imidazole rings is 1. The molecule has 1 heterocycles. The van der Waals surface area contributed by atoms with E-state index in [9.17, 15) is 4.79 Å². The fourth-order valence-electron chi connectivity index (χ4n) is 1.60. The van der Waals surface area contributed by atoms with E-state index in [1.165, 1.54) is 0 Å². The summed E-state index contributed by atoms with van der Waals surface area (Å²) in [6.45, 7) is 0.476. The molecule has 0 saturated heterocycles. The van der Waals surface area contributed by atoms with Crippen molar-refractivity contribution >= 4 is 73.7 Å². The molecule has 0 aliphatic heterocycles. The Bertz CT molecular complexity index is 599. The summed E-state index contributed by atoms with van der Waals surface area (Å²) in [7, 11) is 1.79. The first-order valence-electron chi connectivity index (χ1n) is 5.37. The minimum atomic E-state index is 0.0113. The van der Waals surface area contributed by atoms with Gasteiger partial charge in [-0.05, 0) is 79.9 Å². The molecule has 0 aliphatic carbocycles. The zero-order valence-corrected chi connectivity index (χ0v) is 16.4. The van der Waals surface area contributed by atoms with Crippen molar-refractivity contribution in [1.82, 2.24) is 14.9 Å². The van der Waals surface area contributed by atoms with Crippen LogP contribution in [0.25, 0.3) is 0 Å². The van der Waals surface area contributed by atoms with Crippen LogP contribution < -0.4 is 0 Å². The highest BCUT2D eigenvalue weighted by Gasteiger charge is 2.18. The van der Waals surface area contributed by atoms with Crippen LogP contribution in [-0.2, 0) is 6.54 Å². The van der Waals surface area contributed by atoms with Gasteiger partial charge < -0.3 is 9.88 Å². The molecule has 0 atom stereocenters. The van der Waals surface area contributed by atoms with Crippen molar-refractivity contribution < 1.29 is 4.79 Å². The number of nitrogens with one attached hydrogen (secondary N) is 1. The number of benzene rings is 1. The number of carbonyl (C=O) groups is 1. The SMILES string of the molecule is CN(Cc1ncc[nH]1)C(=O)c1cc(I)cc(I)c1I. The first-order valence-corrected chi connectivity index (χ1v) is 8.61. The van der Waals surface area contributed by atoms with Gasteiger partial charge in [0.1, 0.15) is 5.82 Å². The maximum Gasteiger partial charge on any atom is 0.255 e. The minimum Gasteiger partial charge on any atom is -0.347 e. The highest BCUT2D eigenvalue weighted by atomic mass is 127. The summed E-state index contributed by atoms with van der Waals surface area (Å²) in [5.74, 6) is 0.795. The highest BCUT2D eigenvalue weighted by Crippen LogP contribution is 2.24. The number of halogens is 3. The summed E-state index contributed by atoms with van der Waals surface area (Å²) in [5.41, 5.74) is 0.742. The summed E-state index contributed by atoms with van der Waals surface area (Å²) < 4.78 is 3.16. The lowest BCUT2D eigenvalue weighted by atomic mass is 10.2. The van der Waals surface area contributed by atoms with Gasteiger partial charge in [-0.2, -0.15) is 0 Å². The van der Waals surface area contributed by atoms with Crippen molar-refractivity contribution in [3.8, 4) is 0 Å². The van der Waals surface area contributed by atoms with Crippen LogP contribution in [0.15, 0.2) is 24.5 Å². The van der Waals surface area contributed by atoms with Crippen molar-refractivity contribution in [3.63, 3.8) is 0 Å². The Morgan fingerprint density at radius 1 is 1.37 bits per heavy atom. The fraction of sp³-hybridized carbons (Fsp3) is 0.167. The van der Waals surface area contributed by atoms with Crippen LogP contribution in [0.2, 0.25) is 0 Å². The average Bonchev–Trinajstić information content (AvgIpc) is 2.85. The second-order valence-electron chi connectivity index (χ2n) is 3.95. The number of carbonyl (C=O) groups excluding carboxylic acids is 1. The summed E-state index contributed by atoms with van der Waals surface area (Å²) in [4.78, 5) is 21.3. The molecule has 2 rings (SSSR count). The van der Waals surface area contributed by atoms with Crippen LogP contribution in [0.4, 0.5) is 0 Å². The Kier molecular flexibility index (Phi) is 5.45. The average molecular weight is 593 g/mol. The lowest BCUT2D eigenvalue weighted by Gasteiger charge is -2.17. The first-order chi connectivity index (χ1) is 8.99. The number of hydrogen-bond acceptors (Lipinski definition) is 2. The molecule has 2 aromatic rings. The number of amides is 1. The van der Waals surface area contributed by atoms with Crippen LogP contribution >= 0.6 is 67.8 Å². The zero-order valence-electron chi connectivity index (χ0n) is 9.95. The van der Waals surface area contributed by atoms with Gasteiger partial charge in [0, 0.05) is 30.2 Å². The van der Waals surface area contributed by atoms with E-state index < -0.39 is 0 Å². The lowest BCUT2D eigenvalue weighted by Crippen LogP contribution is -2.27. The molecule has 4 nitrogen and oxygen atoms in total. The third-order valence-corrected chi connectivity index (χ3v) is 6.18. The summed E-state index contributed by atoms with van der Waals surface area (Å²) in [6, 6.07) is 3.98. The van der Waals surface area contributed by atoms with Crippen molar-refractivity contribution in [3.05, 3.63) is 46.6 Å². The van der Waals surface area contributed by atoms with E-state index in [4.69, 9.17) is 0 Å². The molecule has 1 aromatic heterocycles. The fourth-order valence-corrected chi connectivity index (χ4v) is 3.98. The monoisotopic (exact) mass is 593 g/mol. The van der Waals surface area contributed by atoms with E-state index in [-0.39, 0.29) is 5.91 Å². The number of aromatic amines is 1. The molecule has 1 aromatic carbocycles. The molecule has 0 spiro atoms.